The van der Waals surface area contributed by atoms with Crippen molar-refractivity contribution in [3.63, 3.8) is 0 Å². The van der Waals surface area contributed by atoms with E-state index < -0.39 is 6.17 Å². The number of carbonyl (C=O) groups is 1. The Morgan fingerprint density at radius 1 is 1.14 bits per heavy atom. The topological polar surface area (TPSA) is 75.5 Å². The predicted octanol–water partition coefficient (Wildman–Crippen LogP) is 5.34. The Balaban J connectivity index is 1.19. The number of esters is 1. The van der Waals surface area contributed by atoms with Gasteiger partial charge >= 0.3 is 5.97 Å². The number of pyridine rings is 1. The van der Waals surface area contributed by atoms with Crippen LogP contribution in [0.5, 0.6) is 0 Å². The molecule has 8 nitrogen and oxygen atoms in total. The van der Waals surface area contributed by atoms with Crippen molar-refractivity contribution in [3.05, 3.63) is 70.2 Å². The molecule has 3 aliphatic rings. The van der Waals surface area contributed by atoms with Crippen LogP contribution in [0.25, 0.3) is 5.69 Å². The quantitative estimate of drug-likeness (QED) is 0.349. The van der Waals surface area contributed by atoms with Gasteiger partial charge in [0.05, 0.1) is 30.6 Å². The first-order valence-corrected chi connectivity index (χ1v) is 16.0. The third-order valence-electron chi connectivity index (χ3n) is 9.69. The number of aryl methyl sites for hydroxylation is 3. The number of halogens is 1. The molecule has 0 aliphatic carbocycles. The van der Waals surface area contributed by atoms with Gasteiger partial charge in [-0.3, -0.25) is 14.6 Å². The van der Waals surface area contributed by atoms with Crippen LogP contribution in [0.15, 0.2) is 36.4 Å². The van der Waals surface area contributed by atoms with Gasteiger partial charge in [-0.2, -0.15) is 5.10 Å². The van der Waals surface area contributed by atoms with E-state index in [0.29, 0.717) is 19.6 Å². The van der Waals surface area contributed by atoms with Crippen molar-refractivity contribution < 1.29 is 13.9 Å². The van der Waals surface area contributed by atoms with Crippen LogP contribution in [0.4, 0.5) is 10.2 Å². The van der Waals surface area contributed by atoms with Crippen molar-refractivity contribution in [2.75, 3.05) is 51.7 Å². The second kappa shape index (κ2) is 11.9. The number of hydrogen-bond acceptors (Lipinski definition) is 7. The standard InChI is InChI=1S/C35H47FN6O2/c1-23-12-24(2)42(39-23)30-14-26(13-28(16-30)34(3,4)5)27(15-32(43)44-6)17-40-19-31(36)35(20-40)21-41(22-35)18-29-10-9-25-8-7-11-37-33(25)38-29/h9-10,12-14,16,27,31H,7-8,11,15,17-22H2,1-6H3,(H,37,38)/t27-,31?/m1/s1. The van der Waals surface area contributed by atoms with Gasteiger partial charge < -0.3 is 10.1 Å². The Hall–Kier alpha value is -3.30. The van der Waals surface area contributed by atoms with Gasteiger partial charge in [0.2, 0.25) is 0 Å². The summed E-state index contributed by atoms with van der Waals surface area (Å²) in [7, 11) is 1.44. The van der Waals surface area contributed by atoms with E-state index >= 15 is 4.39 Å². The van der Waals surface area contributed by atoms with Gasteiger partial charge in [-0.25, -0.2) is 14.1 Å². The molecule has 2 fully saturated rings. The molecule has 1 spiro atoms. The number of ether oxygens (including phenoxy) is 1. The lowest BCUT2D eigenvalue weighted by Gasteiger charge is -2.49. The molecule has 1 aromatic carbocycles. The molecule has 3 aromatic rings. The highest BCUT2D eigenvalue weighted by Crippen LogP contribution is 2.43. The van der Waals surface area contributed by atoms with Crippen LogP contribution in [0.2, 0.25) is 0 Å². The van der Waals surface area contributed by atoms with Crippen LogP contribution in [0.3, 0.4) is 0 Å². The highest BCUT2D eigenvalue weighted by Gasteiger charge is 2.54. The Labute approximate surface area is 261 Å². The van der Waals surface area contributed by atoms with E-state index in [4.69, 9.17) is 14.8 Å². The predicted molar refractivity (Wildman–Crippen MR) is 171 cm³/mol. The van der Waals surface area contributed by atoms with Gasteiger partial charge in [0.1, 0.15) is 12.0 Å². The Bertz CT molecular complexity index is 1520. The number of likely N-dealkylation sites (tertiary alicyclic amines) is 2. The molecular weight excluding hydrogens is 555 g/mol. The smallest absolute Gasteiger partial charge is 0.306 e. The van der Waals surface area contributed by atoms with E-state index in [1.54, 1.807) is 0 Å². The summed E-state index contributed by atoms with van der Waals surface area (Å²) in [5.41, 5.74) is 7.08. The monoisotopic (exact) mass is 602 g/mol. The molecule has 6 rings (SSSR count). The van der Waals surface area contributed by atoms with E-state index in [2.05, 4.69) is 79.2 Å². The van der Waals surface area contributed by atoms with Crippen LogP contribution >= 0.6 is 0 Å². The van der Waals surface area contributed by atoms with Crippen LogP contribution in [-0.2, 0) is 27.9 Å². The SMILES string of the molecule is COC(=O)C[C@H](CN1CC(F)C2(C1)CN(Cc1ccc3c(n1)NCCC3)C2)c1cc(-n2nc(C)cc2C)cc(C(C)(C)C)c1. The average Bonchev–Trinajstić information content (AvgIpc) is 3.48. The first-order chi connectivity index (χ1) is 20.9. The van der Waals surface area contributed by atoms with Crippen LogP contribution in [-0.4, -0.2) is 83.1 Å². The number of alkyl halides is 1. The zero-order valence-corrected chi connectivity index (χ0v) is 27.1. The molecular formula is C35H47FN6O2. The molecule has 0 bridgehead atoms. The van der Waals surface area contributed by atoms with Gasteiger partial charge in [-0.1, -0.05) is 32.9 Å². The minimum atomic E-state index is -0.901. The summed E-state index contributed by atoms with van der Waals surface area (Å²) in [5.74, 6) is 0.621. The third kappa shape index (κ3) is 6.26. The number of nitrogens with zero attached hydrogens (tertiary/aromatic N) is 5. The van der Waals surface area contributed by atoms with Crippen molar-refractivity contribution in [1.29, 1.82) is 0 Å². The van der Waals surface area contributed by atoms with Crippen LogP contribution in [0.1, 0.15) is 73.3 Å². The highest BCUT2D eigenvalue weighted by atomic mass is 19.1. The molecule has 2 atom stereocenters. The lowest BCUT2D eigenvalue weighted by atomic mass is 9.77. The van der Waals surface area contributed by atoms with Gasteiger partial charge in [0.15, 0.2) is 0 Å². The fourth-order valence-corrected chi connectivity index (χ4v) is 7.31. The van der Waals surface area contributed by atoms with Gasteiger partial charge in [0, 0.05) is 62.8 Å². The Morgan fingerprint density at radius 3 is 2.61 bits per heavy atom. The summed E-state index contributed by atoms with van der Waals surface area (Å²) in [4.78, 5) is 22.1. The van der Waals surface area contributed by atoms with Gasteiger partial charge in [0.25, 0.3) is 0 Å². The summed E-state index contributed by atoms with van der Waals surface area (Å²) >= 11 is 0. The number of aromatic nitrogens is 3. The van der Waals surface area contributed by atoms with Crippen molar-refractivity contribution in [1.82, 2.24) is 24.6 Å². The second-order valence-corrected chi connectivity index (χ2v) is 14.4. The Kier molecular flexibility index (Phi) is 8.30. The molecule has 0 radical (unpaired) electrons. The summed E-state index contributed by atoms with van der Waals surface area (Å²) in [6.07, 6.45) is 1.56. The largest absolute Gasteiger partial charge is 0.469 e. The number of methoxy groups -OCH3 is 1. The molecule has 44 heavy (non-hydrogen) atoms. The van der Waals surface area contributed by atoms with Crippen molar-refractivity contribution in [2.45, 2.75) is 77.9 Å². The van der Waals surface area contributed by atoms with E-state index in [1.165, 1.54) is 18.2 Å². The zero-order valence-electron chi connectivity index (χ0n) is 27.1. The molecule has 5 heterocycles. The van der Waals surface area contributed by atoms with Gasteiger partial charge in [-0.05, 0) is 73.1 Å². The fourth-order valence-electron chi connectivity index (χ4n) is 7.31. The zero-order chi connectivity index (χ0) is 31.2. The maximum atomic E-state index is 15.7. The number of benzene rings is 1. The van der Waals surface area contributed by atoms with Crippen LogP contribution < -0.4 is 5.32 Å². The lowest BCUT2D eigenvalue weighted by Crippen LogP contribution is -2.60. The first kappa shape index (κ1) is 30.7. The summed E-state index contributed by atoms with van der Waals surface area (Å²) in [6.45, 7) is 15.5. The maximum Gasteiger partial charge on any atom is 0.306 e. The summed E-state index contributed by atoms with van der Waals surface area (Å²) in [6, 6.07) is 12.9. The molecule has 0 amide bonds. The number of fused-ring (bicyclic) bond motifs is 1. The van der Waals surface area contributed by atoms with E-state index in [9.17, 15) is 4.79 Å². The first-order valence-electron chi connectivity index (χ1n) is 16.0. The normalized spacial score (nSPS) is 20.7. The minimum Gasteiger partial charge on any atom is -0.469 e. The highest BCUT2D eigenvalue weighted by molar-refractivity contribution is 5.70. The number of rotatable bonds is 8. The van der Waals surface area contributed by atoms with E-state index in [1.807, 2.05) is 11.6 Å². The molecule has 2 aromatic heterocycles. The number of carbonyl (C=O) groups excluding carboxylic acids is 1. The molecule has 9 heteroatoms. The molecule has 236 valence electrons. The molecule has 1 unspecified atom stereocenters. The van der Waals surface area contributed by atoms with E-state index in [0.717, 1.165) is 73.2 Å². The molecule has 1 N–H and O–H groups in total. The Morgan fingerprint density at radius 2 is 1.91 bits per heavy atom. The minimum absolute atomic E-state index is 0.100. The van der Waals surface area contributed by atoms with Crippen molar-refractivity contribution >= 4 is 11.8 Å². The van der Waals surface area contributed by atoms with Gasteiger partial charge in [-0.15, -0.1) is 0 Å². The fraction of sp³-hybridized carbons (Fsp3) is 0.571. The number of nitrogens with one attached hydrogen (secondary N) is 1. The summed E-state index contributed by atoms with van der Waals surface area (Å²) < 4.78 is 22.9. The maximum absolute atomic E-state index is 15.7. The number of hydrogen-bond donors (Lipinski definition) is 1. The molecule has 3 aliphatic heterocycles. The number of anilines is 1. The third-order valence-corrected chi connectivity index (χ3v) is 9.69. The lowest BCUT2D eigenvalue weighted by molar-refractivity contribution is -0.141. The molecule has 0 saturated carbocycles. The van der Waals surface area contributed by atoms with E-state index in [-0.39, 0.29) is 29.1 Å². The molecule has 2 saturated heterocycles. The second-order valence-electron chi connectivity index (χ2n) is 14.4. The van der Waals surface area contributed by atoms with Crippen molar-refractivity contribution in [3.8, 4) is 5.69 Å². The van der Waals surface area contributed by atoms with Crippen molar-refractivity contribution in [2.24, 2.45) is 5.41 Å². The average molecular weight is 603 g/mol. The van der Waals surface area contributed by atoms with Crippen LogP contribution in [0, 0.1) is 19.3 Å². The summed E-state index contributed by atoms with van der Waals surface area (Å²) in [5, 5.41) is 8.16.